The van der Waals surface area contributed by atoms with Crippen LogP contribution in [-0.2, 0) is 16.1 Å². The number of amides is 3. The maximum atomic E-state index is 12.7. The molecule has 9 heteroatoms. The molecular weight excluding hydrogens is 507 g/mol. The zero-order chi connectivity index (χ0) is 24.9. The molecule has 178 valence electrons. The van der Waals surface area contributed by atoms with Crippen LogP contribution in [0, 0.1) is 6.92 Å². The molecule has 1 heterocycles. The minimum Gasteiger partial charge on any atom is -0.484 e. The number of aryl methyl sites for hydroxylation is 1. The van der Waals surface area contributed by atoms with Crippen LogP contribution in [0.3, 0.4) is 0 Å². The SMILES string of the molecule is Cc1ccc(NC(=O)COc2ccc(/C=C3\SC(=O)N(Cc4ccc(Cl)cc4)C3=O)cc2)cc1Cl. The summed E-state index contributed by atoms with van der Waals surface area (Å²) in [6, 6.07) is 19.2. The van der Waals surface area contributed by atoms with Crippen molar-refractivity contribution in [3.05, 3.63) is 98.4 Å². The number of benzene rings is 3. The maximum absolute atomic E-state index is 12.7. The highest BCUT2D eigenvalue weighted by Crippen LogP contribution is 2.33. The van der Waals surface area contributed by atoms with Crippen LogP contribution in [0.25, 0.3) is 6.08 Å². The van der Waals surface area contributed by atoms with Crippen LogP contribution >= 0.6 is 35.0 Å². The second-order valence-electron chi connectivity index (χ2n) is 7.76. The molecule has 1 N–H and O–H groups in total. The third-order valence-electron chi connectivity index (χ3n) is 5.13. The minimum atomic E-state index is -0.344. The van der Waals surface area contributed by atoms with Crippen molar-refractivity contribution in [3.63, 3.8) is 0 Å². The molecule has 0 radical (unpaired) electrons. The zero-order valence-electron chi connectivity index (χ0n) is 18.6. The molecule has 1 aliphatic heterocycles. The van der Waals surface area contributed by atoms with E-state index in [4.69, 9.17) is 27.9 Å². The van der Waals surface area contributed by atoms with E-state index in [9.17, 15) is 14.4 Å². The molecule has 0 atom stereocenters. The van der Waals surface area contributed by atoms with Crippen molar-refractivity contribution in [2.24, 2.45) is 0 Å². The fourth-order valence-electron chi connectivity index (χ4n) is 3.24. The first-order valence-corrected chi connectivity index (χ1v) is 12.1. The van der Waals surface area contributed by atoms with E-state index in [1.807, 2.05) is 13.0 Å². The summed E-state index contributed by atoms with van der Waals surface area (Å²) in [6.07, 6.45) is 1.66. The normalized spacial score (nSPS) is 14.5. The standard InChI is InChI=1S/C26H20Cl2N2O4S/c1-16-2-9-20(13-22(16)28)29-24(31)15-34-21-10-5-17(6-11-21)12-23-25(32)30(26(33)35-23)14-18-3-7-19(27)8-4-18/h2-13H,14-15H2,1H3,(H,29,31)/b23-12-. The van der Waals surface area contributed by atoms with Crippen molar-refractivity contribution in [1.82, 2.24) is 4.90 Å². The first-order valence-electron chi connectivity index (χ1n) is 10.6. The van der Waals surface area contributed by atoms with Gasteiger partial charge in [0.25, 0.3) is 17.1 Å². The number of imide groups is 1. The second kappa shape index (κ2) is 11.0. The number of hydrogen-bond acceptors (Lipinski definition) is 5. The number of halogens is 2. The number of anilines is 1. The van der Waals surface area contributed by atoms with Gasteiger partial charge in [-0.05, 0) is 77.9 Å². The molecule has 0 unspecified atom stereocenters. The molecule has 6 nitrogen and oxygen atoms in total. The average molecular weight is 527 g/mol. The molecule has 3 aromatic carbocycles. The van der Waals surface area contributed by atoms with Gasteiger partial charge in [-0.2, -0.15) is 0 Å². The molecule has 4 rings (SSSR count). The number of carbonyl (C=O) groups excluding carboxylic acids is 3. The van der Waals surface area contributed by atoms with Gasteiger partial charge in [-0.1, -0.05) is 53.5 Å². The molecule has 35 heavy (non-hydrogen) atoms. The third-order valence-corrected chi connectivity index (χ3v) is 6.70. The van der Waals surface area contributed by atoms with Crippen LogP contribution < -0.4 is 10.1 Å². The second-order valence-corrected chi connectivity index (χ2v) is 9.60. The minimum absolute atomic E-state index is 0.172. The van der Waals surface area contributed by atoms with Crippen molar-refractivity contribution >= 4 is 63.8 Å². The summed E-state index contributed by atoms with van der Waals surface area (Å²) in [5.74, 6) is -0.165. The van der Waals surface area contributed by atoms with Gasteiger partial charge in [-0.25, -0.2) is 0 Å². The van der Waals surface area contributed by atoms with Crippen molar-refractivity contribution in [1.29, 1.82) is 0 Å². The molecule has 1 aliphatic rings. The lowest BCUT2D eigenvalue weighted by atomic mass is 10.2. The Morgan fingerprint density at radius 2 is 1.74 bits per heavy atom. The molecule has 0 aromatic heterocycles. The molecule has 0 bridgehead atoms. The van der Waals surface area contributed by atoms with Gasteiger partial charge < -0.3 is 10.1 Å². The Balaban J connectivity index is 1.33. The Labute approximate surface area is 216 Å². The third kappa shape index (κ3) is 6.45. The average Bonchev–Trinajstić information content (AvgIpc) is 3.09. The summed E-state index contributed by atoms with van der Waals surface area (Å²) in [7, 11) is 0. The highest BCUT2D eigenvalue weighted by Gasteiger charge is 2.34. The summed E-state index contributed by atoms with van der Waals surface area (Å²) in [6.45, 7) is 1.89. The lowest BCUT2D eigenvalue weighted by Gasteiger charge is -2.12. The Morgan fingerprint density at radius 1 is 1.03 bits per heavy atom. The van der Waals surface area contributed by atoms with Crippen LogP contribution in [0.2, 0.25) is 10.0 Å². The van der Waals surface area contributed by atoms with Gasteiger partial charge in [0.05, 0.1) is 11.4 Å². The molecule has 3 amide bonds. The molecule has 1 saturated heterocycles. The molecule has 3 aromatic rings. The van der Waals surface area contributed by atoms with Gasteiger partial charge in [-0.3, -0.25) is 19.3 Å². The van der Waals surface area contributed by atoms with E-state index in [1.54, 1.807) is 66.7 Å². The van der Waals surface area contributed by atoms with Crippen LogP contribution in [0.4, 0.5) is 10.5 Å². The predicted molar refractivity (Wildman–Crippen MR) is 140 cm³/mol. The van der Waals surface area contributed by atoms with Crippen LogP contribution in [0.1, 0.15) is 16.7 Å². The lowest BCUT2D eigenvalue weighted by molar-refractivity contribution is -0.123. The van der Waals surface area contributed by atoms with Crippen LogP contribution in [-0.4, -0.2) is 28.6 Å². The lowest BCUT2D eigenvalue weighted by Crippen LogP contribution is -2.27. The monoisotopic (exact) mass is 526 g/mol. The molecule has 1 fully saturated rings. The van der Waals surface area contributed by atoms with E-state index in [1.165, 1.54) is 4.90 Å². The first kappa shape index (κ1) is 24.9. The summed E-state index contributed by atoms with van der Waals surface area (Å²) >= 11 is 12.9. The summed E-state index contributed by atoms with van der Waals surface area (Å²) in [4.78, 5) is 38.8. The predicted octanol–water partition coefficient (Wildman–Crippen LogP) is 6.56. The number of nitrogens with one attached hydrogen (secondary N) is 1. The number of carbonyl (C=O) groups is 3. The fourth-order valence-corrected chi connectivity index (χ4v) is 4.38. The van der Waals surface area contributed by atoms with Crippen molar-refractivity contribution in [2.45, 2.75) is 13.5 Å². The van der Waals surface area contributed by atoms with E-state index in [2.05, 4.69) is 5.32 Å². The Morgan fingerprint density at radius 3 is 2.43 bits per heavy atom. The van der Waals surface area contributed by atoms with Crippen molar-refractivity contribution < 1.29 is 19.1 Å². The van der Waals surface area contributed by atoms with Gasteiger partial charge >= 0.3 is 0 Å². The van der Waals surface area contributed by atoms with E-state index in [0.29, 0.717) is 26.4 Å². The number of thioether (sulfide) groups is 1. The quantitative estimate of drug-likeness (QED) is 0.353. The highest BCUT2D eigenvalue weighted by atomic mass is 35.5. The molecule has 0 saturated carbocycles. The number of ether oxygens (including phenoxy) is 1. The van der Waals surface area contributed by atoms with Gasteiger partial charge in [0.1, 0.15) is 5.75 Å². The number of hydrogen-bond donors (Lipinski definition) is 1. The van der Waals surface area contributed by atoms with E-state index >= 15 is 0 Å². The van der Waals surface area contributed by atoms with Gasteiger partial charge in [0, 0.05) is 15.7 Å². The number of nitrogens with zero attached hydrogens (tertiary/aromatic N) is 1. The Hall–Kier alpha value is -3.26. The van der Waals surface area contributed by atoms with Crippen molar-refractivity contribution in [3.8, 4) is 5.75 Å². The van der Waals surface area contributed by atoms with Crippen LogP contribution in [0.5, 0.6) is 5.75 Å². The Kier molecular flexibility index (Phi) is 7.80. The van der Waals surface area contributed by atoms with E-state index in [0.717, 1.165) is 28.5 Å². The van der Waals surface area contributed by atoms with E-state index < -0.39 is 0 Å². The first-order chi connectivity index (χ1) is 16.8. The highest BCUT2D eigenvalue weighted by molar-refractivity contribution is 8.18. The summed E-state index contributed by atoms with van der Waals surface area (Å²) in [5.41, 5.74) is 3.06. The number of rotatable bonds is 7. The Bertz CT molecular complexity index is 1310. The van der Waals surface area contributed by atoms with Gasteiger partial charge in [-0.15, -0.1) is 0 Å². The van der Waals surface area contributed by atoms with Crippen molar-refractivity contribution in [2.75, 3.05) is 11.9 Å². The summed E-state index contributed by atoms with van der Waals surface area (Å²) in [5, 5.41) is 3.57. The molecule has 0 spiro atoms. The van der Waals surface area contributed by atoms with Gasteiger partial charge in [0.15, 0.2) is 6.61 Å². The molecular formula is C26H20Cl2N2O4S. The smallest absolute Gasteiger partial charge is 0.293 e. The van der Waals surface area contributed by atoms with Crippen LogP contribution in [0.15, 0.2) is 71.6 Å². The molecule has 0 aliphatic carbocycles. The van der Waals surface area contributed by atoms with Gasteiger partial charge in [0.2, 0.25) is 0 Å². The maximum Gasteiger partial charge on any atom is 0.293 e. The summed E-state index contributed by atoms with van der Waals surface area (Å²) < 4.78 is 5.54. The topological polar surface area (TPSA) is 75.7 Å². The van der Waals surface area contributed by atoms with E-state index in [-0.39, 0.29) is 30.2 Å². The zero-order valence-corrected chi connectivity index (χ0v) is 20.9. The fraction of sp³-hybridized carbons (Fsp3) is 0.115. The largest absolute Gasteiger partial charge is 0.484 e.